The smallest absolute Gasteiger partial charge is 0.105 e. The second kappa shape index (κ2) is 5.69. The highest BCUT2D eigenvalue weighted by molar-refractivity contribution is 6.17. The van der Waals surface area contributed by atoms with E-state index < -0.39 is 0 Å². The van der Waals surface area contributed by atoms with Gasteiger partial charge >= 0.3 is 0 Å². The van der Waals surface area contributed by atoms with Crippen molar-refractivity contribution in [2.75, 3.05) is 25.5 Å². The monoisotopic (exact) mass is 241 g/mol. The molecule has 0 bridgehead atoms. The quantitative estimate of drug-likeness (QED) is 0.737. The summed E-state index contributed by atoms with van der Waals surface area (Å²) >= 11 is 5.78. The summed E-state index contributed by atoms with van der Waals surface area (Å²) in [5.41, 5.74) is 0. The van der Waals surface area contributed by atoms with Gasteiger partial charge in [0.05, 0.1) is 0 Å². The molecule has 0 saturated carbocycles. The number of aryl methyl sites for hydroxylation is 1. The highest BCUT2D eigenvalue weighted by Crippen LogP contribution is 2.19. The first-order valence-electron chi connectivity index (χ1n) is 6.05. The van der Waals surface area contributed by atoms with Gasteiger partial charge in [-0.1, -0.05) is 0 Å². The molecule has 0 spiro atoms. The first kappa shape index (κ1) is 11.9. The van der Waals surface area contributed by atoms with E-state index in [1.165, 1.54) is 25.9 Å². The van der Waals surface area contributed by atoms with Crippen LogP contribution in [0, 0.1) is 12.8 Å². The number of nitrogens with zero attached hydrogens (tertiary/aromatic N) is 3. The van der Waals surface area contributed by atoms with Crippen LogP contribution in [0.15, 0.2) is 12.4 Å². The van der Waals surface area contributed by atoms with Crippen LogP contribution in [0.25, 0.3) is 0 Å². The fraction of sp³-hybridized carbons (Fsp3) is 0.750. The normalized spacial score (nSPS) is 21.8. The zero-order valence-corrected chi connectivity index (χ0v) is 10.7. The third-order valence-corrected chi connectivity index (χ3v) is 3.69. The maximum atomic E-state index is 5.78. The fourth-order valence-electron chi connectivity index (χ4n) is 2.40. The summed E-state index contributed by atoms with van der Waals surface area (Å²) in [5.74, 6) is 2.73. The van der Waals surface area contributed by atoms with Gasteiger partial charge < -0.3 is 9.47 Å². The molecule has 2 rings (SSSR count). The number of hydrogen-bond donors (Lipinski definition) is 0. The molecule has 16 heavy (non-hydrogen) atoms. The number of alkyl halides is 1. The van der Waals surface area contributed by atoms with E-state index in [1.807, 2.05) is 6.20 Å². The zero-order chi connectivity index (χ0) is 11.4. The molecule has 0 aliphatic carbocycles. The summed E-state index contributed by atoms with van der Waals surface area (Å²) in [4.78, 5) is 6.77. The molecule has 1 fully saturated rings. The standard InChI is InChI=1S/C12H20ClN3/c1-11-14-5-7-16(11)9-8-15-6-3-12(10-15)2-4-13/h5,7,12H,2-4,6,8-10H2,1H3. The van der Waals surface area contributed by atoms with Gasteiger partial charge in [-0.05, 0) is 32.2 Å². The SMILES string of the molecule is Cc1nccn1CCN1CCC(CCCl)C1. The van der Waals surface area contributed by atoms with Crippen molar-refractivity contribution in [2.45, 2.75) is 26.3 Å². The van der Waals surface area contributed by atoms with E-state index in [0.29, 0.717) is 0 Å². The van der Waals surface area contributed by atoms with Crippen LogP contribution in [0.1, 0.15) is 18.7 Å². The Morgan fingerprint density at radius 1 is 1.50 bits per heavy atom. The van der Waals surface area contributed by atoms with Gasteiger partial charge in [-0.15, -0.1) is 11.6 Å². The van der Waals surface area contributed by atoms with Gasteiger partial charge in [-0.2, -0.15) is 0 Å². The van der Waals surface area contributed by atoms with E-state index in [1.54, 1.807) is 0 Å². The highest BCUT2D eigenvalue weighted by Gasteiger charge is 2.21. The molecule has 0 radical (unpaired) electrons. The second-order valence-electron chi connectivity index (χ2n) is 4.60. The number of aromatic nitrogens is 2. The Balaban J connectivity index is 1.74. The third-order valence-electron chi connectivity index (χ3n) is 3.47. The molecular formula is C12H20ClN3. The van der Waals surface area contributed by atoms with Crippen molar-refractivity contribution < 1.29 is 0 Å². The zero-order valence-electron chi connectivity index (χ0n) is 9.90. The Hall–Kier alpha value is -0.540. The summed E-state index contributed by atoms with van der Waals surface area (Å²) in [7, 11) is 0. The number of halogens is 1. The largest absolute Gasteiger partial charge is 0.334 e. The van der Waals surface area contributed by atoms with Gasteiger partial charge in [0.25, 0.3) is 0 Å². The molecule has 1 aromatic heterocycles. The van der Waals surface area contributed by atoms with E-state index in [2.05, 4.69) is 27.6 Å². The summed E-state index contributed by atoms with van der Waals surface area (Å²) in [6.07, 6.45) is 6.41. The van der Waals surface area contributed by atoms with Crippen molar-refractivity contribution >= 4 is 11.6 Å². The van der Waals surface area contributed by atoms with E-state index >= 15 is 0 Å². The lowest BCUT2D eigenvalue weighted by atomic mass is 10.1. The van der Waals surface area contributed by atoms with Crippen LogP contribution >= 0.6 is 11.6 Å². The Labute approximate surface area is 102 Å². The Morgan fingerprint density at radius 2 is 2.38 bits per heavy atom. The van der Waals surface area contributed by atoms with Gasteiger partial charge in [-0.25, -0.2) is 4.98 Å². The van der Waals surface area contributed by atoms with Gasteiger partial charge in [0.1, 0.15) is 5.82 Å². The van der Waals surface area contributed by atoms with E-state index in [4.69, 9.17) is 11.6 Å². The van der Waals surface area contributed by atoms with Crippen LogP contribution in [0.4, 0.5) is 0 Å². The topological polar surface area (TPSA) is 21.1 Å². The van der Waals surface area contributed by atoms with E-state index in [0.717, 1.165) is 30.7 Å². The molecule has 0 aromatic carbocycles. The predicted molar refractivity (Wildman–Crippen MR) is 66.8 cm³/mol. The molecule has 90 valence electrons. The number of imidazole rings is 1. The average molecular weight is 242 g/mol. The summed E-state index contributed by atoms with van der Waals surface area (Å²) in [6, 6.07) is 0. The molecule has 1 aliphatic heterocycles. The molecule has 0 N–H and O–H groups in total. The van der Waals surface area contributed by atoms with Crippen LogP contribution in [0.3, 0.4) is 0 Å². The minimum absolute atomic E-state index is 0.805. The molecule has 3 nitrogen and oxygen atoms in total. The first-order valence-corrected chi connectivity index (χ1v) is 6.59. The fourth-order valence-corrected chi connectivity index (χ4v) is 2.70. The molecule has 1 atom stereocenters. The van der Waals surface area contributed by atoms with E-state index in [-0.39, 0.29) is 0 Å². The summed E-state index contributed by atoms with van der Waals surface area (Å²) < 4.78 is 2.22. The molecule has 1 unspecified atom stereocenters. The van der Waals surface area contributed by atoms with Crippen molar-refractivity contribution in [2.24, 2.45) is 5.92 Å². The molecule has 0 amide bonds. The molecule has 1 saturated heterocycles. The Morgan fingerprint density at radius 3 is 3.06 bits per heavy atom. The Kier molecular flexibility index (Phi) is 4.24. The average Bonchev–Trinajstić information content (AvgIpc) is 2.86. The molecule has 1 aromatic rings. The number of likely N-dealkylation sites (tertiary alicyclic amines) is 1. The third kappa shape index (κ3) is 2.98. The molecular weight excluding hydrogens is 222 g/mol. The second-order valence-corrected chi connectivity index (χ2v) is 4.98. The van der Waals surface area contributed by atoms with Crippen LogP contribution < -0.4 is 0 Å². The van der Waals surface area contributed by atoms with Gasteiger partial charge in [0, 0.05) is 37.9 Å². The van der Waals surface area contributed by atoms with Crippen molar-refractivity contribution in [3.05, 3.63) is 18.2 Å². The lowest BCUT2D eigenvalue weighted by Gasteiger charge is -2.16. The highest BCUT2D eigenvalue weighted by atomic mass is 35.5. The van der Waals surface area contributed by atoms with Crippen molar-refractivity contribution in [1.29, 1.82) is 0 Å². The lowest BCUT2D eigenvalue weighted by Crippen LogP contribution is -2.25. The lowest BCUT2D eigenvalue weighted by molar-refractivity contribution is 0.307. The van der Waals surface area contributed by atoms with Crippen LogP contribution in [0.2, 0.25) is 0 Å². The van der Waals surface area contributed by atoms with Gasteiger partial charge in [0.2, 0.25) is 0 Å². The first-order chi connectivity index (χ1) is 7.79. The summed E-state index contributed by atoms with van der Waals surface area (Å²) in [6.45, 7) is 6.70. The maximum Gasteiger partial charge on any atom is 0.105 e. The number of rotatable bonds is 5. The summed E-state index contributed by atoms with van der Waals surface area (Å²) in [5, 5.41) is 0. The number of hydrogen-bond acceptors (Lipinski definition) is 2. The predicted octanol–water partition coefficient (Wildman–Crippen LogP) is 2.14. The van der Waals surface area contributed by atoms with E-state index in [9.17, 15) is 0 Å². The maximum absolute atomic E-state index is 5.78. The van der Waals surface area contributed by atoms with Crippen LogP contribution in [-0.4, -0.2) is 40.0 Å². The minimum atomic E-state index is 0.805. The van der Waals surface area contributed by atoms with Crippen molar-refractivity contribution in [3.63, 3.8) is 0 Å². The van der Waals surface area contributed by atoms with Gasteiger partial charge in [-0.3, -0.25) is 0 Å². The van der Waals surface area contributed by atoms with Crippen molar-refractivity contribution in [3.8, 4) is 0 Å². The molecule has 1 aliphatic rings. The van der Waals surface area contributed by atoms with Crippen LogP contribution in [0.5, 0.6) is 0 Å². The van der Waals surface area contributed by atoms with Gasteiger partial charge in [0.15, 0.2) is 0 Å². The molecule has 2 heterocycles. The Bertz CT molecular complexity index is 324. The molecule has 4 heteroatoms. The van der Waals surface area contributed by atoms with Crippen LogP contribution in [-0.2, 0) is 6.54 Å². The van der Waals surface area contributed by atoms with Crippen molar-refractivity contribution in [1.82, 2.24) is 14.5 Å². The minimum Gasteiger partial charge on any atom is -0.334 e.